The van der Waals surface area contributed by atoms with Crippen molar-refractivity contribution in [1.82, 2.24) is 10.2 Å². The molecule has 1 amide bonds. The van der Waals surface area contributed by atoms with Crippen LogP contribution < -0.4 is 5.32 Å². The lowest BCUT2D eigenvalue weighted by Crippen LogP contribution is -2.37. The molecule has 1 aromatic carbocycles. The number of hydrogen-bond acceptors (Lipinski definition) is 3. The minimum atomic E-state index is 0.154. The van der Waals surface area contributed by atoms with E-state index in [1.165, 1.54) is 5.56 Å². The van der Waals surface area contributed by atoms with E-state index in [1.807, 2.05) is 30.9 Å². The molecule has 106 valence electrons. The van der Waals surface area contributed by atoms with Gasteiger partial charge in [-0.05, 0) is 25.0 Å². The summed E-state index contributed by atoms with van der Waals surface area (Å²) < 4.78 is 5.07. The Morgan fingerprint density at radius 1 is 1.16 bits per heavy atom. The van der Waals surface area contributed by atoms with Crippen LogP contribution in [-0.4, -0.2) is 37.6 Å². The summed E-state index contributed by atoms with van der Waals surface area (Å²) in [6.07, 6.45) is 0. The molecule has 0 aliphatic heterocycles. The Labute approximate surface area is 115 Å². The fourth-order valence-electron chi connectivity index (χ4n) is 1.92. The van der Waals surface area contributed by atoms with Gasteiger partial charge in [0.1, 0.15) is 0 Å². The molecule has 0 unspecified atom stereocenters. The predicted octanol–water partition coefficient (Wildman–Crippen LogP) is 1.79. The predicted molar refractivity (Wildman–Crippen MR) is 76.8 cm³/mol. The second-order valence-electron chi connectivity index (χ2n) is 4.42. The molecular weight excluding hydrogens is 240 g/mol. The van der Waals surface area contributed by atoms with E-state index in [0.29, 0.717) is 19.7 Å². The maximum absolute atomic E-state index is 11.8. The summed E-state index contributed by atoms with van der Waals surface area (Å²) in [6.45, 7) is 7.26. The second kappa shape index (κ2) is 8.67. The van der Waals surface area contributed by atoms with Gasteiger partial charge in [0.15, 0.2) is 0 Å². The van der Waals surface area contributed by atoms with E-state index in [4.69, 9.17) is 4.74 Å². The third-order valence-corrected chi connectivity index (χ3v) is 3.06. The third-order valence-electron chi connectivity index (χ3n) is 3.06. The molecule has 4 nitrogen and oxygen atoms in total. The van der Waals surface area contributed by atoms with Crippen molar-refractivity contribution in [3.63, 3.8) is 0 Å². The number of carbonyl (C=O) groups is 1. The highest BCUT2D eigenvalue weighted by molar-refractivity contribution is 5.78. The summed E-state index contributed by atoms with van der Waals surface area (Å²) in [6, 6.07) is 8.21. The molecule has 1 aromatic rings. The maximum atomic E-state index is 11.8. The van der Waals surface area contributed by atoms with Crippen LogP contribution in [0.5, 0.6) is 0 Å². The van der Waals surface area contributed by atoms with Gasteiger partial charge in [0.2, 0.25) is 5.91 Å². The van der Waals surface area contributed by atoms with E-state index in [0.717, 1.165) is 18.7 Å². The molecule has 0 fully saturated rings. The molecule has 0 radical (unpaired) electrons. The summed E-state index contributed by atoms with van der Waals surface area (Å²) in [4.78, 5) is 13.6. The van der Waals surface area contributed by atoms with Crippen molar-refractivity contribution in [3.05, 3.63) is 35.4 Å². The number of hydrogen-bond donors (Lipinski definition) is 1. The van der Waals surface area contributed by atoms with Gasteiger partial charge in [-0.15, -0.1) is 0 Å². The van der Waals surface area contributed by atoms with Gasteiger partial charge >= 0.3 is 0 Å². The fraction of sp³-hybridized carbons (Fsp3) is 0.533. The number of carbonyl (C=O) groups excluding carboxylic acids is 1. The molecule has 0 aliphatic carbocycles. The Bertz CT molecular complexity index is 372. The number of likely N-dealkylation sites (N-methyl/N-ethyl adjacent to an activating group) is 1. The number of nitrogens with one attached hydrogen (secondary N) is 1. The molecule has 19 heavy (non-hydrogen) atoms. The minimum absolute atomic E-state index is 0.154. The summed E-state index contributed by atoms with van der Waals surface area (Å²) in [7, 11) is 1.69. The van der Waals surface area contributed by atoms with E-state index in [-0.39, 0.29) is 5.91 Å². The van der Waals surface area contributed by atoms with Crippen molar-refractivity contribution in [3.8, 4) is 0 Å². The highest BCUT2D eigenvalue weighted by Gasteiger charge is 2.08. The summed E-state index contributed by atoms with van der Waals surface area (Å²) in [5.41, 5.74) is 2.33. The first-order valence-electron chi connectivity index (χ1n) is 6.76. The van der Waals surface area contributed by atoms with E-state index in [9.17, 15) is 4.79 Å². The number of amides is 1. The summed E-state index contributed by atoms with van der Waals surface area (Å²) >= 11 is 0. The van der Waals surface area contributed by atoms with Crippen LogP contribution in [0.4, 0.5) is 0 Å². The quantitative estimate of drug-likeness (QED) is 0.778. The first-order chi connectivity index (χ1) is 9.21. The molecule has 0 bridgehead atoms. The Kier molecular flexibility index (Phi) is 7.15. The summed E-state index contributed by atoms with van der Waals surface area (Å²) in [5, 5.41) is 3.18. The van der Waals surface area contributed by atoms with Crippen molar-refractivity contribution in [2.75, 3.05) is 26.7 Å². The zero-order valence-corrected chi connectivity index (χ0v) is 12.1. The SMILES string of the molecule is CCN(CC)C(=O)CNCc1ccc(COC)cc1. The van der Waals surface area contributed by atoms with Gasteiger partial charge in [0, 0.05) is 26.7 Å². The largest absolute Gasteiger partial charge is 0.380 e. The molecule has 0 atom stereocenters. The van der Waals surface area contributed by atoms with Gasteiger partial charge in [0.05, 0.1) is 13.2 Å². The van der Waals surface area contributed by atoms with Crippen LogP contribution in [0.1, 0.15) is 25.0 Å². The van der Waals surface area contributed by atoms with Crippen molar-refractivity contribution in [2.45, 2.75) is 27.0 Å². The number of nitrogens with zero attached hydrogens (tertiary/aromatic N) is 1. The Balaban J connectivity index is 2.34. The highest BCUT2D eigenvalue weighted by Crippen LogP contribution is 2.05. The van der Waals surface area contributed by atoms with E-state index >= 15 is 0 Å². The van der Waals surface area contributed by atoms with Gasteiger partial charge in [-0.2, -0.15) is 0 Å². The van der Waals surface area contributed by atoms with Crippen molar-refractivity contribution >= 4 is 5.91 Å². The highest BCUT2D eigenvalue weighted by atomic mass is 16.5. The molecule has 0 aromatic heterocycles. The van der Waals surface area contributed by atoms with Crippen LogP contribution in [0.2, 0.25) is 0 Å². The molecule has 0 spiro atoms. The minimum Gasteiger partial charge on any atom is -0.380 e. The average molecular weight is 264 g/mol. The van der Waals surface area contributed by atoms with Crippen molar-refractivity contribution < 1.29 is 9.53 Å². The van der Waals surface area contributed by atoms with Crippen LogP contribution in [0.15, 0.2) is 24.3 Å². The first kappa shape index (κ1) is 15.7. The third kappa shape index (κ3) is 5.41. The molecule has 4 heteroatoms. The molecule has 0 heterocycles. The van der Waals surface area contributed by atoms with Crippen LogP contribution >= 0.6 is 0 Å². The first-order valence-corrected chi connectivity index (χ1v) is 6.76. The van der Waals surface area contributed by atoms with Crippen molar-refractivity contribution in [1.29, 1.82) is 0 Å². The monoisotopic (exact) mass is 264 g/mol. The number of benzene rings is 1. The molecule has 0 saturated carbocycles. The summed E-state index contributed by atoms with van der Waals surface area (Å²) in [5.74, 6) is 0.154. The van der Waals surface area contributed by atoms with E-state index in [2.05, 4.69) is 17.4 Å². The maximum Gasteiger partial charge on any atom is 0.236 e. The molecule has 1 N–H and O–H groups in total. The number of methoxy groups -OCH3 is 1. The van der Waals surface area contributed by atoms with Gasteiger partial charge in [-0.25, -0.2) is 0 Å². The van der Waals surface area contributed by atoms with Crippen molar-refractivity contribution in [2.24, 2.45) is 0 Å². The number of ether oxygens (including phenoxy) is 1. The normalized spacial score (nSPS) is 10.5. The van der Waals surface area contributed by atoms with Gasteiger partial charge in [-0.3, -0.25) is 4.79 Å². The lowest BCUT2D eigenvalue weighted by atomic mass is 10.1. The topological polar surface area (TPSA) is 41.6 Å². The average Bonchev–Trinajstić information content (AvgIpc) is 2.42. The van der Waals surface area contributed by atoms with Crippen LogP contribution in [-0.2, 0) is 22.7 Å². The molecule has 1 rings (SSSR count). The van der Waals surface area contributed by atoms with Crippen LogP contribution in [0.3, 0.4) is 0 Å². The van der Waals surface area contributed by atoms with E-state index < -0.39 is 0 Å². The van der Waals surface area contributed by atoms with Gasteiger partial charge < -0.3 is 15.0 Å². The zero-order valence-electron chi connectivity index (χ0n) is 12.1. The fourth-order valence-corrected chi connectivity index (χ4v) is 1.92. The standard InChI is InChI=1S/C15H24N2O2/c1-4-17(5-2)15(18)11-16-10-13-6-8-14(9-7-13)12-19-3/h6-9,16H,4-5,10-12H2,1-3H3. The van der Waals surface area contributed by atoms with Gasteiger partial charge in [0.25, 0.3) is 0 Å². The smallest absolute Gasteiger partial charge is 0.236 e. The zero-order chi connectivity index (χ0) is 14.1. The molecule has 0 aliphatic rings. The number of rotatable bonds is 8. The van der Waals surface area contributed by atoms with E-state index in [1.54, 1.807) is 7.11 Å². The molecular formula is C15H24N2O2. The Hall–Kier alpha value is -1.39. The Morgan fingerprint density at radius 3 is 2.26 bits per heavy atom. The lowest BCUT2D eigenvalue weighted by molar-refractivity contribution is -0.129. The second-order valence-corrected chi connectivity index (χ2v) is 4.42. The van der Waals surface area contributed by atoms with Gasteiger partial charge in [-0.1, -0.05) is 24.3 Å². The lowest BCUT2D eigenvalue weighted by Gasteiger charge is -2.18. The Morgan fingerprint density at radius 2 is 1.74 bits per heavy atom. The molecule has 0 saturated heterocycles. The van der Waals surface area contributed by atoms with Crippen LogP contribution in [0, 0.1) is 0 Å². The van der Waals surface area contributed by atoms with Crippen LogP contribution in [0.25, 0.3) is 0 Å².